The third-order valence-electron chi connectivity index (χ3n) is 4.02. The number of halogens is 2. The molecule has 0 aromatic heterocycles. The van der Waals surface area contributed by atoms with Crippen molar-refractivity contribution in [2.75, 3.05) is 20.6 Å². The molecule has 2 aromatic rings. The Bertz CT molecular complexity index is 706. The van der Waals surface area contributed by atoms with Crippen molar-refractivity contribution in [3.8, 4) is 0 Å². The Morgan fingerprint density at radius 1 is 1.00 bits per heavy atom. The van der Waals surface area contributed by atoms with E-state index < -0.39 is 0 Å². The maximum absolute atomic E-state index is 6.02. The van der Waals surface area contributed by atoms with Crippen molar-refractivity contribution in [3.05, 3.63) is 70.2 Å². The topological polar surface area (TPSA) is 39.7 Å². The smallest absolute Gasteiger partial charge is 0.191 e. The maximum atomic E-state index is 6.02. The monoisotopic (exact) mass is 486 g/mol. The minimum Gasteiger partial charge on any atom is -0.352 e. The highest BCUT2D eigenvalue weighted by Gasteiger charge is 2.02. The fraction of sp³-hybridized carbons (Fsp3) is 0.350. The molecule has 0 fully saturated rings. The van der Waals surface area contributed by atoms with Gasteiger partial charge in [-0.25, -0.2) is 0 Å². The normalized spacial score (nSPS) is 11.2. The van der Waals surface area contributed by atoms with Gasteiger partial charge in [-0.05, 0) is 42.4 Å². The molecule has 0 aliphatic carbocycles. The highest BCUT2D eigenvalue weighted by Crippen LogP contribution is 2.10. The zero-order chi connectivity index (χ0) is 18.1. The number of guanidine groups is 1. The van der Waals surface area contributed by atoms with Crippen molar-refractivity contribution in [1.82, 2.24) is 15.5 Å². The van der Waals surface area contributed by atoms with E-state index in [0.29, 0.717) is 6.54 Å². The van der Waals surface area contributed by atoms with Crippen molar-refractivity contribution < 1.29 is 0 Å². The first-order chi connectivity index (χ1) is 12.1. The second kappa shape index (κ2) is 12.1. The summed E-state index contributed by atoms with van der Waals surface area (Å²) in [6.45, 7) is 5.59. The van der Waals surface area contributed by atoms with Gasteiger partial charge in [0.1, 0.15) is 0 Å². The van der Waals surface area contributed by atoms with Gasteiger partial charge in [-0.1, -0.05) is 54.9 Å². The first-order valence-electron chi connectivity index (χ1n) is 8.56. The van der Waals surface area contributed by atoms with Gasteiger partial charge in [0.05, 0.1) is 0 Å². The van der Waals surface area contributed by atoms with Crippen molar-refractivity contribution in [1.29, 1.82) is 0 Å². The fourth-order valence-electron chi connectivity index (χ4n) is 2.50. The van der Waals surface area contributed by atoms with Crippen LogP contribution >= 0.6 is 35.6 Å². The van der Waals surface area contributed by atoms with Crippen LogP contribution in [0.5, 0.6) is 0 Å². The molecule has 0 saturated carbocycles. The molecule has 0 unspecified atom stereocenters. The lowest BCUT2D eigenvalue weighted by atomic mass is 10.1. The molecular weight excluding hydrogens is 459 g/mol. The van der Waals surface area contributed by atoms with E-state index in [1.807, 2.05) is 24.3 Å². The molecule has 0 spiro atoms. The van der Waals surface area contributed by atoms with Gasteiger partial charge in [0.25, 0.3) is 0 Å². The molecular formula is C20H28ClIN4. The quantitative estimate of drug-likeness (QED) is 0.349. The summed E-state index contributed by atoms with van der Waals surface area (Å²) in [7, 11) is 3.91. The Kier molecular flexibility index (Phi) is 10.6. The fourth-order valence-corrected chi connectivity index (χ4v) is 2.71. The van der Waals surface area contributed by atoms with E-state index in [1.54, 1.807) is 7.05 Å². The summed E-state index contributed by atoms with van der Waals surface area (Å²) >= 11 is 6.02. The molecule has 0 radical (unpaired) electrons. The van der Waals surface area contributed by atoms with Gasteiger partial charge in [0.2, 0.25) is 0 Å². The largest absolute Gasteiger partial charge is 0.352 e. The van der Waals surface area contributed by atoms with Gasteiger partial charge < -0.3 is 15.5 Å². The SMILES string of the molecule is CCN(C)Cc1cccc(CNC(=NC)NCc2cccc(Cl)c2)c1.I. The molecule has 4 nitrogen and oxygen atoms in total. The maximum Gasteiger partial charge on any atom is 0.191 e. The van der Waals surface area contributed by atoms with Crippen molar-refractivity contribution >= 4 is 41.5 Å². The lowest BCUT2D eigenvalue weighted by Gasteiger charge is -2.15. The summed E-state index contributed by atoms with van der Waals surface area (Å²) in [5, 5.41) is 7.41. The number of rotatable bonds is 7. The minimum atomic E-state index is 0. The zero-order valence-corrected chi connectivity index (χ0v) is 18.7. The summed E-state index contributed by atoms with van der Waals surface area (Å²) in [6, 6.07) is 16.5. The Morgan fingerprint density at radius 2 is 1.58 bits per heavy atom. The molecule has 142 valence electrons. The van der Waals surface area contributed by atoms with Gasteiger partial charge in [-0.3, -0.25) is 4.99 Å². The predicted molar refractivity (Wildman–Crippen MR) is 122 cm³/mol. The van der Waals surface area contributed by atoms with E-state index in [0.717, 1.165) is 36.2 Å². The number of benzene rings is 2. The molecule has 26 heavy (non-hydrogen) atoms. The van der Waals surface area contributed by atoms with Gasteiger partial charge in [0.15, 0.2) is 5.96 Å². The van der Waals surface area contributed by atoms with E-state index in [9.17, 15) is 0 Å². The molecule has 0 aliphatic rings. The van der Waals surface area contributed by atoms with E-state index >= 15 is 0 Å². The lowest BCUT2D eigenvalue weighted by Crippen LogP contribution is -2.36. The van der Waals surface area contributed by atoms with Crippen molar-refractivity contribution in [3.63, 3.8) is 0 Å². The van der Waals surface area contributed by atoms with Crippen LogP contribution in [-0.4, -0.2) is 31.5 Å². The van der Waals surface area contributed by atoms with Crippen molar-refractivity contribution in [2.24, 2.45) is 4.99 Å². The van der Waals surface area contributed by atoms with E-state index in [4.69, 9.17) is 11.6 Å². The number of nitrogens with one attached hydrogen (secondary N) is 2. The molecule has 0 amide bonds. The van der Waals surface area contributed by atoms with Crippen LogP contribution in [0.1, 0.15) is 23.6 Å². The molecule has 0 heterocycles. The first kappa shape index (κ1) is 22.7. The van der Waals surface area contributed by atoms with Crippen LogP contribution in [0.4, 0.5) is 0 Å². The summed E-state index contributed by atoms with van der Waals surface area (Å²) in [6.07, 6.45) is 0. The Labute approximate surface area is 179 Å². The highest BCUT2D eigenvalue weighted by molar-refractivity contribution is 14.0. The predicted octanol–water partition coefficient (Wildman–Crippen LogP) is 4.27. The Balaban J connectivity index is 0.00000338. The molecule has 0 aliphatic heterocycles. The average Bonchev–Trinajstić information content (AvgIpc) is 2.62. The Hall–Kier alpha value is -1.31. The van der Waals surface area contributed by atoms with Crippen LogP contribution in [0.3, 0.4) is 0 Å². The van der Waals surface area contributed by atoms with Gasteiger partial charge in [-0.2, -0.15) is 0 Å². The number of hydrogen-bond donors (Lipinski definition) is 2. The molecule has 2 rings (SSSR count). The average molecular weight is 487 g/mol. The van der Waals surface area contributed by atoms with Crippen molar-refractivity contribution in [2.45, 2.75) is 26.6 Å². The second-order valence-corrected chi connectivity index (χ2v) is 6.50. The highest BCUT2D eigenvalue weighted by atomic mass is 127. The number of hydrogen-bond acceptors (Lipinski definition) is 2. The molecule has 0 atom stereocenters. The van der Waals surface area contributed by atoms with Crippen LogP contribution in [0, 0.1) is 0 Å². The lowest BCUT2D eigenvalue weighted by molar-refractivity contribution is 0.345. The molecule has 2 N–H and O–H groups in total. The second-order valence-electron chi connectivity index (χ2n) is 6.06. The summed E-state index contributed by atoms with van der Waals surface area (Å²) in [5.41, 5.74) is 3.69. The summed E-state index contributed by atoms with van der Waals surface area (Å²) in [5.74, 6) is 0.774. The summed E-state index contributed by atoms with van der Waals surface area (Å²) < 4.78 is 0. The number of aliphatic imine (C=N–C) groups is 1. The Morgan fingerprint density at radius 3 is 2.15 bits per heavy atom. The standard InChI is InChI=1S/C20H27ClN4.HI/c1-4-25(3)15-18-9-5-7-16(11-18)13-23-20(22-2)24-14-17-8-6-10-19(21)12-17;/h5-12H,4,13-15H2,1-3H3,(H2,22,23,24);1H. The van der Waals surface area contributed by atoms with Gasteiger partial charge in [0, 0.05) is 31.7 Å². The van der Waals surface area contributed by atoms with Crippen LogP contribution in [0.25, 0.3) is 0 Å². The van der Waals surface area contributed by atoms with E-state index in [-0.39, 0.29) is 24.0 Å². The third kappa shape index (κ3) is 7.93. The van der Waals surface area contributed by atoms with Gasteiger partial charge in [-0.15, -0.1) is 24.0 Å². The van der Waals surface area contributed by atoms with Crippen LogP contribution in [0.15, 0.2) is 53.5 Å². The molecule has 6 heteroatoms. The number of nitrogens with zero attached hydrogens (tertiary/aromatic N) is 2. The molecule has 0 bridgehead atoms. The minimum absolute atomic E-state index is 0. The third-order valence-corrected chi connectivity index (χ3v) is 4.25. The first-order valence-corrected chi connectivity index (χ1v) is 8.94. The van der Waals surface area contributed by atoms with Crippen LogP contribution < -0.4 is 10.6 Å². The summed E-state index contributed by atoms with van der Waals surface area (Å²) in [4.78, 5) is 6.57. The zero-order valence-electron chi connectivity index (χ0n) is 15.6. The molecule has 0 saturated heterocycles. The van der Waals surface area contributed by atoms with Crippen LogP contribution in [0.2, 0.25) is 5.02 Å². The van der Waals surface area contributed by atoms with E-state index in [2.05, 4.69) is 58.8 Å². The molecule has 2 aromatic carbocycles. The van der Waals surface area contributed by atoms with Gasteiger partial charge >= 0.3 is 0 Å². The van der Waals surface area contributed by atoms with E-state index in [1.165, 1.54) is 11.1 Å². The van der Waals surface area contributed by atoms with Crippen LogP contribution in [-0.2, 0) is 19.6 Å².